The Balaban J connectivity index is 2.81. The molecule has 1 amide bonds. The lowest BCUT2D eigenvalue weighted by Crippen LogP contribution is -2.61. The predicted octanol–water partition coefficient (Wildman–Crippen LogP) is 12.1. The minimum Gasteiger partial charge on any atom is -0.454 e. The second-order valence-electron chi connectivity index (χ2n) is 18.9. The van der Waals surface area contributed by atoms with Gasteiger partial charge < -0.3 is 45.1 Å². The number of aliphatic hydroxyl groups is 5. The van der Waals surface area contributed by atoms with Gasteiger partial charge >= 0.3 is 5.97 Å². The van der Waals surface area contributed by atoms with Crippen molar-refractivity contribution in [2.24, 2.45) is 0 Å². The highest BCUT2D eigenvalue weighted by molar-refractivity contribution is 5.80. The average Bonchev–Trinajstić information content (AvgIpc) is 3.34. The van der Waals surface area contributed by atoms with E-state index in [1.165, 1.54) is 96.3 Å². The SMILES string of the molecule is CC/C=C\C/C=C\C/C=C\C/C=C\C/C=C\CCC(O)C(=O)NC(COC1OC(CO)C(O)C(O)C1OC(=O)CCCCCCCCCCCCC)C(O)/C=C/CCCCCCCCCCCCC. The molecule has 11 nitrogen and oxygen atoms in total. The van der Waals surface area contributed by atoms with Crippen LogP contribution >= 0.6 is 0 Å². The standard InChI is InChI=1S/C58H101NO10/c1-4-7-10-13-16-19-22-24-25-26-28-31-33-36-39-42-45-51(62)57(66)59-49(50(61)44-41-38-35-32-30-27-23-20-17-14-11-8-5-2)48-67-58-56(55(65)54(64)52(47-60)68-58)69-53(63)46-43-40-37-34-29-21-18-15-12-9-6-3/h7,10,16,19,24-25,28,31,36,39,41,44,49-52,54-56,58,60-62,64-65H,4-6,8-9,11-15,17-18,20-23,26-27,29-30,32-35,37-38,40,42-43,45-48H2,1-3H3,(H,59,66)/b10-7-,19-16-,25-24-,31-28-,39-36-,44-41+. The number of nitrogens with one attached hydrogen (secondary N) is 1. The Kier molecular flexibility index (Phi) is 42.9. The zero-order chi connectivity index (χ0) is 50.4. The summed E-state index contributed by atoms with van der Waals surface area (Å²) >= 11 is 0. The molecule has 1 rings (SSSR count). The maximum atomic E-state index is 13.3. The normalized spacial score (nSPS) is 20.4. The molecule has 69 heavy (non-hydrogen) atoms. The summed E-state index contributed by atoms with van der Waals surface area (Å²) in [5, 5.41) is 56.6. The maximum Gasteiger partial charge on any atom is 0.306 e. The summed E-state index contributed by atoms with van der Waals surface area (Å²) in [6.07, 6.45) is 46.7. The Hall–Kier alpha value is -2.90. The van der Waals surface area contributed by atoms with Gasteiger partial charge in [-0.3, -0.25) is 9.59 Å². The van der Waals surface area contributed by atoms with Crippen LogP contribution in [0, 0.1) is 0 Å². The first-order valence-electron chi connectivity index (χ1n) is 27.7. The predicted molar refractivity (Wildman–Crippen MR) is 283 cm³/mol. The number of carbonyl (C=O) groups is 2. The molecule has 1 aliphatic rings. The molecule has 8 unspecified atom stereocenters. The molecule has 6 N–H and O–H groups in total. The van der Waals surface area contributed by atoms with Gasteiger partial charge in [0, 0.05) is 6.42 Å². The van der Waals surface area contributed by atoms with Gasteiger partial charge in [0.2, 0.25) is 5.91 Å². The lowest BCUT2D eigenvalue weighted by Gasteiger charge is -2.41. The van der Waals surface area contributed by atoms with Crippen molar-refractivity contribution >= 4 is 11.9 Å². The van der Waals surface area contributed by atoms with Crippen LogP contribution in [0.4, 0.5) is 0 Å². The fraction of sp³-hybridized carbons (Fsp3) is 0.759. The summed E-state index contributed by atoms with van der Waals surface area (Å²) in [7, 11) is 0. The van der Waals surface area contributed by atoms with Crippen LogP contribution in [0.1, 0.15) is 220 Å². The summed E-state index contributed by atoms with van der Waals surface area (Å²) in [6.45, 7) is 5.60. The second kappa shape index (κ2) is 46.2. The molecule has 398 valence electrons. The molecule has 1 aliphatic heterocycles. The average molecular weight is 972 g/mol. The molecular formula is C58H101NO10. The van der Waals surface area contributed by atoms with Gasteiger partial charge in [-0.2, -0.15) is 0 Å². The number of esters is 1. The maximum absolute atomic E-state index is 13.3. The van der Waals surface area contributed by atoms with E-state index in [1.807, 2.05) is 18.2 Å². The molecule has 0 aromatic carbocycles. The van der Waals surface area contributed by atoms with Crippen LogP contribution in [0.2, 0.25) is 0 Å². The van der Waals surface area contributed by atoms with E-state index in [-0.39, 0.29) is 19.4 Å². The Morgan fingerprint density at radius 1 is 0.580 bits per heavy atom. The van der Waals surface area contributed by atoms with Gasteiger partial charge in [0.1, 0.15) is 24.4 Å². The zero-order valence-electron chi connectivity index (χ0n) is 43.7. The Morgan fingerprint density at radius 2 is 1.04 bits per heavy atom. The molecule has 0 bridgehead atoms. The molecule has 11 heteroatoms. The monoisotopic (exact) mass is 972 g/mol. The summed E-state index contributed by atoms with van der Waals surface area (Å²) in [5.41, 5.74) is 0. The van der Waals surface area contributed by atoms with E-state index in [2.05, 4.69) is 74.7 Å². The molecule has 1 saturated heterocycles. The van der Waals surface area contributed by atoms with E-state index in [1.54, 1.807) is 6.08 Å². The van der Waals surface area contributed by atoms with Crippen LogP contribution in [0.3, 0.4) is 0 Å². The van der Waals surface area contributed by atoms with E-state index in [4.69, 9.17) is 14.2 Å². The van der Waals surface area contributed by atoms with Gasteiger partial charge in [-0.05, 0) is 64.2 Å². The molecule has 8 atom stereocenters. The topological polar surface area (TPSA) is 175 Å². The highest BCUT2D eigenvalue weighted by Crippen LogP contribution is 2.26. The van der Waals surface area contributed by atoms with Gasteiger partial charge in [-0.1, -0.05) is 222 Å². The third kappa shape index (κ3) is 35.0. The molecule has 0 aliphatic carbocycles. The third-order valence-corrected chi connectivity index (χ3v) is 12.6. The summed E-state index contributed by atoms with van der Waals surface area (Å²) in [6, 6.07) is -1.05. The fourth-order valence-electron chi connectivity index (χ4n) is 8.21. The first-order valence-corrected chi connectivity index (χ1v) is 27.7. The Morgan fingerprint density at radius 3 is 1.54 bits per heavy atom. The number of aliphatic hydroxyl groups excluding tert-OH is 5. The lowest BCUT2D eigenvalue weighted by molar-refractivity contribution is -0.305. The van der Waals surface area contributed by atoms with Crippen LogP contribution in [0.15, 0.2) is 72.9 Å². The van der Waals surface area contributed by atoms with Gasteiger partial charge in [0.25, 0.3) is 0 Å². The van der Waals surface area contributed by atoms with E-state index in [0.29, 0.717) is 12.8 Å². The molecule has 0 aromatic rings. The number of unbranched alkanes of at least 4 members (excludes halogenated alkanes) is 21. The minimum absolute atomic E-state index is 0.116. The lowest BCUT2D eigenvalue weighted by atomic mass is 9.99. The summed E-state index contributed by atoms with van der Waals surface area (Å²) in [4.78, 5) is 26.4. The van der Waals surface area contributed by atoms with Crippen molar-refractivity contribution in [1.82, 2.24) is 5.32 Å². The number of amides is 1. The summed E-state index contributed by atoms with van der Waals surface area (Å²) < 4.78 is 17.5. The van der Waals surface area contributed by atoms with Gasteiger partial charge in [-0.15, -0.1) is 0 Å². The van der Waals surface area contributed by atoms with Crippen molar-refractivity contribution in [3.8, 4) is 0 Å². The molecular weight excluding hydrogens is 871 g/mol. The number of allylic oxidation sites excluding steroid dienone is 11. The highest BCUT2D eigenvalue weighted by atomic mass is 16.7. The second-order valence-corrected chi connectivity index (χ2v) is 18.9. The van der Waals surface area contributed by atoms with Crippen LogP contribution in [-0.2, 0) is 23.8 Å². The molecule has 0 saturated carbocycles. The van der Waals surface area contributed by atoms with Crippen LogP contribution in [-0.4, -0.2) is 99.6 Å². The van der Waals surface area contributed by atoms with Gasteiger partial charge in [-0.25, -0.2) is 0 Å². The first kappa shape index (κ1) is 64.1. The number of rotatable bonds is 45. The van der Waals surface area contributed by atoms with Gasteiger partial charge in [0.05, 0.1) is 25.4 Å². The molecule has 0 aromatic heterocycles. The van der Waals surface area contributed by atoms with E-state index < -0.39 is 67.4 Å². The molecule has 0 spiro atoms. The Labute approximate surface area is 420 Å². The number of hydrogen-bond acceptors (Lipinski definition) is 10. The number of hydrogen-bond donors (Lipinski definition) is 6. The minimum atomic E-state index is -1.62. The van der Waals surface area contributed by atoms with Crippen LogP contribution < -0.4 is 5.32 Å². The van der Waals surface area contributed by atoms with Crippen molar-refractivity contribution in [2.75, 3.05) is 13.2 Å². The summed E-state index contributed by atoms with van der Waals surface area (Å²) in [5.74, 6) is -1.26. The van der Waals surface area contributed by atoms with Crippen LogP contribution in [0.25, 0.3) is 0 Å². The van der Waals surface area contributed by atoms with E-state index in [9.17, 15) is 35.1 Å². The quantitative estimate of drug-likeness (QED) is 0.0196. The molecule has 1 heterocycles. The third-order valence-electron chi connectivity index (χ3n) is 12.6. The van der Waals surface area contributed by atoms with Crippen LogP contribution in [0.5, 0.6) is 0 Å². The Bertz CT molecular complexity index is 1390. The molecule has 1 fully saturated rings. The first-order chi connectivity index (χ1) is 33.7. The molecule has 0 radical (unpaired) electrons. The zero-order valence-corrected chi connectivity index (χ0v) is 43.7. The smallest absolute Gasteiger partial charge is 0.306 e. The highest BCUT2D eigenvalue weighted by Gasteiger charge is 2.47. The van der Waals surface area contributed by atoms with Gasteiger partial charge in [0.15, 0.2) is 12.4 Å². The number of carbonyl (C=O) groups excluding carboxylic acids is 2. The van der Waals surface area contributed by atoms with Crippen molar-refractivity contribution in [3.63, 3.8) is 0 Å². The fourth-order valence-corrected chi connectivity index (χ4v) is 8.21. The van der Waals surface area contributed by atoms with Crippen molar-refractivity contribution in [1.29, 1.82) is 0 Å². The number of ether oxygens (including phenoxy) is 3. The largest absolute Gasteiger partial charge is 0.454 e. The van der Waals surface area contributed by atoms with Crippen molar-refractivity contribution < 1.29 is 49.3 Å². The van der Waals surface area contributed by atoms with E-state index in [0.717, 1.165) is 77.0 Å². The van der Waals surface area contributed by atoms with E-state index >= 15 is 0 Å². The van der Waals surface area contributed by atoms with Crippen molar-refractivity contribution in [2.45, 2.75) is 269 Å². The van der Waals surface area contributed by atoms with Crippen molar-refractivity contribution in [3.05, 3.63) is 72.9 Å².